The van der Waals surface area contributed by atoms with Gasteiger partial charge in [0.15, 0.2) is 18.6 Å². The average Bonchev–Trinajstić information content (AvgIpc) is 2.46. The molecule has 0 fully saturated rings. The number of benzene rings is 2. The summed E-state index contributed by atoms with van der Waals surface area (Å²) in [6, 6.07) is 20.9. The minimum Gasteiger partial charge on any atom is -0.174 e. The minimum absolute atomic E-state index is 1.24. The molecule has 0 aliphatic rings. The molecule has 0 saturated carbocycles. The Balaban J connectivity index is 2.03. The largest absolute Gasteiger partial charge is 0.175 e. The van der Waals surface area contributed by atoms with Crippen molar-refractivity contribution in [2.24, 2.45) is 0 Å². The summed E-state index contributed by atoms with van der Waals surface area (Å²) in [4.78, 5) is 0. The lowest BCUT2D eigenvalue weighted by molar-refractivity contribution is -0.567. The molecule has 3 aromatic rings. The fourth-order valence-electron chi connectivity index (χ4n) is 2.07. The van der Waals surface area contributed by atoms with Gasteiger partial charge in [-0.15, -0.1) is 0 Å². The van der Waals surface area contributed by atoms with Crippen molar-refractivity contribution < 1.29 is 4.57 Å². The SMILES string of the molecule is C(=C[n+]1ccccc1)c1cccc2ccccc12. The Bertz CT molecular complexity index is 679. The van der Waals surface area contributed by atoms with E-state index < -0.39 is 0 Å². The fraction of sp³-hybridized carbons (Fsp3) is 0. The van der Waals surface area contributed by atoms with Crippen LogP contribution < -0.4 is 4.57 Å². The van der Waals surface area contributed by atoms with Crippen molar-refractivity contribution in [3.8, 4) is 0 Å². The molecule has 1 nitrogen and oxygen atoms in total. The predicted molar refractivity (Wildman–Crippen MR) is 75.8 cm³/mol. The Kier molecular flexibility index (Phi) is 2.89. The summed E-state index contributed by atoms with van der Waals surface area (Å²) in [5.74, 6) is 0. The normalized spacial score (nSPS) is 11.1. The van der Waals surface area contributed by atoms with Gasteiger partial charge in [0, 0.05) is 18.2 Å². The second-order valence-corrected chi connectivity index (χ2v) is 4.21. The standard InChI is InChI=1S/C17H14N/c1-4-12-18(13-5-1)14-11-16-9-6-8-15-7-2-3-10-17(15)16/h1-14H/q+1. The maximum Gasteiger partial charge on any atom is 0.175 e. The molecule has 0 unspecified atom stereocenters. The molecule has 1 heteroatoms. The Hall–Kier alpha value is -2.41. The third-order valence-electron chi connectivity index (χ3n) is 2.99. The van der Waals surface area contributed by atoms with Crippen LogP contribution in [-0.2, 0) is 0 Å². The zero-order valence-electron chi connectivity index (χ0n) is 10.0. The molecule has 0 saturated heterocycles. The van der Waals surface area contributed by atoms with Crippen molar-refractivity contribution in [3.63, 3.8) is 0 Å². The van der Waals surface area contributed by atoms with E-state index in [0.717, 1.165) is 0 Å². The molecule has 0 atom stereocenters. The summed E-state index contributed by atoms with van der Waals surface area (Å²) in [6.07, 6.45) is 8.27. The number of hydrogen-bond donors (Lipinski definition) is 0. The molecule has 86 valence electrons. The van der Waals surface area contributed by atoms with Crippen molar-refractivity contribution in [3.05, 3.63) is 78.6 Å². The number of hydrogen-bond acceptors (Lipinski definition) is 0. The number of rotatable bonds is 2. The monoisotopic (exact) mass is 232 g/mol. The molecule has 0 N–H and O–H groups in total. The van der Waals surface area contributed by atoms with E-state index in [4.69, 9.17) is 0 Å². The lowest BCUT2D eigenvalue weighted by atomic mass is 10.0. The van der Waals surface area contributed by atoms with Gasteiger partial charge in [-0.2, -0.15) is 4.57 Å². The maximum atomic E-state index is 2.16. The summed E-state index contributed by atoms with van der Waals surface area (Å²) in [5, 5.41) is 2.56. The molecule has 0 amide bonds. The van der Waals surface area contributed by atoms with E-state index >= 15 is 0 Å². The van der Waals surface area contributed by atoms with E-state index in [2.05, 4.69) is 54.7 Å². The van der Waals surface area contributed by atoms with Crippen molar-refractivity contribution in [2.45, 2.75) is 0 Å². The first-order chi connectivity index (χ1) is 8.93. The molecule has 18 heavy (non-hydrogen) atoms. The van der Waals surface area contributed by atoms with Crippen LogP contribution in [-0.4, -0.2) is 0 Å². The van der Waals surface area contributed by atoms with E-state index in [0.29, 0.717) is 0 Å². The van der Waals surface area contributed by atoms with Crippen LogP contribution in [0.15, 0.2) is 73.1 Å². The first kappa shape index (κ1) is 10.7. The van der Waals surface area contributed by atoms with E-state index in [1.54, 1.807) is 0 Å². The molecule has 0 radical (unpaired) electrons. The van der Waals surface area contributed by atoms with Gasteiger partial charge in [0.1, 0.15) is 0 Å². The quantitative estimate of drug-likeness (QED) is 0.592. The maximum absolute atomic E-state index is 2.16. The van der Waals surface area contributed by atoms with E-state index in [-0.39, 0.29) is 0 Å². The van der Waals surface area contributed by atoms with E-state index in [9.17, 15) is 0 Å². The van der Waals surface area contributed by atoms with Crippen molar-refractivity contribution in [1.82, 2.24) is 0 Å². The molecule has 3 rings (SSSR count). The molecule has 0 spiro atoms. The van der Waals surface area contributed by atoms with Crippen LogP contribution in [0.2, 0.25) is 0 Å². The molecule has 2 aromatic carbocycles. The zero-order chi connectivity index (χ0) is 12.2. The topological polar surface area (TPSA) is 3.88 Å². The van der Waals surface area contributed by atoms with Gasteiger partial charge in [0.25, 0.3) is 0 Å². The lowest BCUT2D eigenvalue weighted by Crippen LogP contribution is -2.23. The van der Waals surface area contributed by atoms with Crippen LogP contribution in [0.4, 0.5) is 0 Å². The molecule has 0 bridgehead atoms. The second kappa shape index (κ2) is 4.84. The Morgan fingerprint density at radius 1 is 0.722 bits per heavy atom. The Labute approximate surface area is 107 Å². The van der Waals surface area contributed by atoms with Crippen LogP contribution in [0, 0.1) is 0 Å². The second-order valence-electron chi connectivity index (χ2n) is 4.21. The van der Waals surface area contributed by atoms with Gasteiger partial charge in [-0.1, -0.05) is 48.5 Å². The summed E-state index contributed by atoms with van der Waals surface area (Å²) in [5.41, 5.74) is 1.24. The van der Waals surface area contributed by atoms with E-state index in [1.165, 1.54) is 16.3 Å². The van der Waals surface area contributed by atoms with Crippen LogP contribution in [0.3, 0.4) is 0 Å². The van der Waals surface area contributed by atoms with Crippen molar-refractivity contribution in [2.75, 3.05) is 0 Å². The van der Waals surface area contributed by atoms with Crippen LogP contribution in [0.25, 0.3) is 23.0 Å². The Morgan fingerprint density at radius 3 is 2.39 bits per heavy atom. The average molecular weight is 232 g/mol. The number of aromatic nitrogens is 1. The number of pyridine rings is 1. The fourth-order valence-corrected chi connectivity index (χ4v) is 2.07. The van der Waals surface area contributed by atoms with Crippen LogP contribution in [0.5, 0.6) is 0 Å². The first-order valence-electron chi connectivity index (χ1n) is 6.05. The van der Waals surface area contributed by atoms with Gasteiger partial charge in [0.05, 0.1) is 0 Å². The highest BCUT2D eigenvalue weighted by Gasteiger charge is 1.97. The van der Waals surface area contributed by atoms with Crippen molar-refractivity contribution in [1.29, 1.82) is 0 Å². The minimum atomic E-state index is 1.24. The van der Waals surface area contributed by atoms with Gasteiger partial charge in [-0.05, 0) is 16.3 Å². The van der Waals surface area contributed by atoms with Crippen molar-refractivity contribution >= 4 is 23.0 Å². The van der Waals surface area contributed by atoms with E-state index in [1.807, 2.05) is 35.2 Å². The van der Waals surface area contributed by atoms with Gasteiger partial charge in [0.2, 0.25) is 0 Å². The van der Waals surface area contributed by atoms with Crippen LogP contribution in [0.1, 0.15) is 5.56 Å². The summed E-state index contributed by atoms with van der Waals surface area (Å²) in [7, 11) is 0. The highest BCUT2D eigenvalue weighted by molar-refractivity contribution is 5.91. The first-order valence-corrected chi connectivity index (χ1v) is 6.05. The lowest BCUT2D eigenvalue weighted by Gasteiger charge is -2.00. The molecular weight excluding hydrogens is 218 g/mol. The highest BCUT2D eigenvalue weighted by Crippen LogP contribution is 2.19. The molecule has 1 aromatic heterocycles. The van der Waals surface area contributed by atoms with Gasteiger partial charge >= 0.3 is 0 Å². The molecular formula is C17H14N+. The number of fused-ring (bicyclic) bond motifs is 1. The summed E-state index contributed by atoms with van der Waals surface area (Å²) >= 11 is 0. The third-order valence-corrected chi connectivity index (χ3v) is 2.99. The third kappa shape index (κ3) is 2.16. The summed E-state index contributed by atoms with van der Waals surface area (Å²) < 4.78 is 2.04. The zero-order valence-corrected chi connectivity index (χ0v) is 10.0. The van der Waals surface area contributed by atoms with Gasteiger partial charge in [-0.25, -0.2) is 0 Å². The molecule has 1 heterocycles. The smallest absolute Gasteiger partial charge is 0.174 e. The number of nitrogens with zero attached hydrogens (tertiary/aromatic N) is 1. The predicted octanol–water partition coefficient (Wildman–Crippen LogP) is 3.76. The Morgan fingerprint density at radius 2 is 1.50 bits per heavy atom. The van der Waals surface area contributed by atoms with Gasteiger partial charge in [-0.3, -0.25) is 0 Å². The summed E-state index contributed by atoms with van der Waals surface area (Å²) in [6.45, 7) is 0. The van der Waals surface area contributed by atoms with Crippen LogP contribution >= 0.6 is 0 Å². The molecule has 0 aliphatic carbocycles. The highest BCUT2D eigenvalue weighted by atomic mass is 14.9. The molecule has 0 aliphatic heterocycles. The van der Waals surface area contributed by atoms with Gasteiger partial charge < -0.3 is 0 Å².